The van der Waals surface area contributed by atoms with Gasteiger partial charge in [0.2, 0.25) is 0 Å². The second-order valence-corrected chi connectivity index (χ2v) is 5.62. The van der Waals surface area contributed by atoms with Crippen LogP contribution in [0.5, 0.6) is 0 Å². The molecule has 1 heterocycles. The monoisotopic (exact) mass is 311 g/mol. The van der Waals surface area contributed by atoms with Crippen molar-refractivity contribution in [2.45, 2.75) is 19.1 Å². The van der Waals surface area contributed by atoms with E-state index in [1.165, 1.54) is 12.3 Å². The number of halogens is 2. The summed E-state index contributed by atoms with van der Waals surface area (Å²) >= 11 is 6.11. The predicted molar refractivity (Wildman–Crippen MR) is 80.9 cm³/mol. The summed E-state index contributed by atoms with van der Waals surface area (Å²) < 4.78 is 15.3. The third-order valence-electron chi connectivity index (χ3n) is 3.28. The summed E-state index contributed by atoms with van der Waals surface area (Å²) in [4.78, 5) is 2.02. The highest BCUT2D eigenvalue weighted by Crippen LogP contribution is 2.26. The van der Waals surface area contributed by atoms with Crippen molar-refractivity contribution in [3.8, 4) is 0 Å². The Bertz CT molecular complexity index is 600. The molecule has 0 bridgehead atoms. The lowest BCUT2D eigenvalue weighted by molar-refractivity contribution is 0.164. The number of rotatable bonds is 6. The second kappa shape index (κ2) is 7.02. The maximum atomic E-state index is 13.7. The maximum Gasteiger partial charge on any atom is 0.126 e. The molecule has 2 rings (SSSR count). The molecule has 0 saturated carbocycles. The third-order valence-corrected chi connectivity index (χ3v) is 3.57. The molecule has 0 fully saturated rings. The molecular weight excluding hydrogens is 293 g/mol. The van der Waals surface area contributed by atoms with Crippen LogP contribution in [-0.4, -0.2) is 40.4 Å². The van der Waals surface area contributed by atoms with E-state index >= 15 is 0 Å². The average Bonchev–Trinajstić information content (AvgIpc) is 2.80. The van der Waals surface area contributed by atoms with Gasteiger partial charge in [-0.3, -0.25) is 4.68 Å². The Morgan fingerprint density at radius 3 is 2.76 bits per heavy atom. The van der Waals surface area contributed by atoms with Crippen molar-refractivity contribution in [3.05, 3.63) is 52.6 Å². The average molecular weight is 312 g/mol. The first-order valence-electron chi connectivity index (χ1n) is 6.76. The van der Waals surface area contributed by atoms with Gasteiger partial charge < -0.3 is 10.0 Å². The normalized spacial score (nSPS) is 12.9. The summed E-state index contributed by atoms with van der Waals surface area (Å²) in [6.45, 7) is 1.39. The van der Waals surface area contributed by atoms with E-state index in [9.17, 15) is 9.50 Å². The van der Waals surface area contributed by atoms with Crippen molar-refractivity contribution in [3.63, 3.8) is 0 Å². The van der Waals surface area contributed by atoms with Crippen molar-refractivity contribution < 1.29 is 9.50 Å². The minimum atomic E-state index is -0.890. The number of aliphatic hydroxyl groups is 1. The maximum absolute atomic E-state index is 13.7. The van der Waals surface area contributed by atoms with Crippen LogP contribution >= 0.6 is 11.6 Å². The van der Waals surface area contributed by atoms with E-state index < -0.39 is 6.10 Å². The lowest BCUT2D eigenvalue weighted by Gasteiger charge is -2.16. The van der Waals surface area contributed by atoms with Crippen LogP contribution in [0.1, 0.15) is 17.4 Å². The fraction of sp³-hybridized carbons (Fsp3) is 0.400. The molecule has 0 radical (unpaired) electrons. The smallest absolute Gasteiger partial charge is 0.126 e. The number of likely N-dealkylation sites (N-methyl/N-ethyl adjacent to an activating group) is 1. The number of benzene rings is 1. The Labute approximate surface area is 128 Å². The minimum Gasteiger partial charge on any atom is -0.386 e. The van der Waals surface area contributed by atoms with Crippen LogP contribution in [0.4, 0.5) is 4.39 Å². The SMILES string of the molecule is CN(C)CCn1ncc(Cl)c1C(O)Cc1ccccc1F. The standard InChI is InChI=1S/C15H19ClFN3O/c1-19(2)7-8-20-15(12(16)10-18-20)14(21)9-11-5-3-4-6-13(11)17/h3-6,10,14,21H,7-9H2,1-2H3. The molecule has 1 aromatic carbocycles. The first kappa shape index (κ1) is 15.9. The van der Waals surface area contributed by atoms with Gasteiger partial charge in [-0.1, -0.05) is 29.8 Å². The summed E-state index contributed by atoms with van der Waals surface area (Å²) in [5.74, 6) is -0.327. The molecule has 21 heavy (non-hydrogen) atoms. The lowest BCUT2D eigenvalue weighted by Crippen LogP contribution is -2.21. The highest BCUT2D eigenvalue weighted by Gasteiger charge is 2.19. The van der Waals surface area contributed by atoms with E-state index in [1.54, 1.807) is 22.9 Å². The van der Waals surface area contributed by atoms with Crippen molar-refractivity contribution >= 4 is 11.6 Å². The number of aromatic nitrogens is 2. The van der Waals surface area contributed by atoms with Crippen LogP contribution in [-0.2, 0) is 13.0 Å². The quantitative estimate of drug-likeness (QED) is 0.891. The van der Waals surface area contributed by atoms with Crippen LogP contribution in [0.25, 0.3) is 0 Å². The highest BCUT2D eigenvalue weighted by atomic mass is 35.5. The fourth-order valence-electron chi connectivity index (χ4n) is 2.15. The molecule has 0 spiro atoms. The molecule has 2 aromatic rings. The van der Waals surface area contributed by atoms with Gasteiger partial charge >= 0.3 is 0 Å². The van der Waals surface area contributed by atoms with E-state index in [0.29, 0.717) is 22.8 Å². The zero-order chi connectivity index (χ0) is 15.4. The molecule has 0 amide bonds. The van der Waals surface area contributed by atoms with Gasteiger partial charge in [-0.25, -0.2) is 4.39 Å². The summed E-state index contributed by atoms with van der Waals surface area (Å²) in [6, 6.07) is 6.41. The predicted octanol–water partition coefficient (Wildman–Crippen LogP) is 2.51. The topological polar surface area (TPSA) is 41.3 Å². The van der Waals surface area contributed by atoms with Crippen molar-refractivity contribution in [1.29, 1.82) is 0 Å². The molecule has 114 valence electrons. The zero-order valence-electron chi connectivity index (χ0n) is 12.1. The van der Waals surface area contributed by atoms with E-state index in [4.69, 9.17) is 11.6 Å². The summed E-state index contributed by atoms with van der Waals surface area (Å²) in [6.07, 6.45) is 0.788. The minimum absolute atomic E-state index is 0.167. The number of hydrogen-bond acceptors (Lipinski definition) is 3. The first-order valence-corrected chi connectivity index (χ1v) is 7.14. The summed E-state index contributed by atoms with van der Waals surface area (Å²) in [5.41, 5.74) is 0.989. The molecule has 1 unspecified atom stereocenters. The van der Waals surface area contributed by atoms with Crippen LogP contribution in [0.15, 0.2) is 30.5 Å². The fourth-order valence-corrected chi connectivity index (χ4v) is 2.41. The Balaban J connectivity index is 2.17. The van der Waals surface area contributed by atoms with E-state index in [1.807, 2.05) is 19.0 Å². The van der Waals surface area contributed by atoms with Crippen LogP contribution in [0.3, 0.4) is 0 Å². The molecule has 6 heteroatoms. The Kier molecular flexibility index (Phi) is 5.33. The molecule has 0 aliphatic rings. The molecule has 1 aromatic heterocycles. The second-order valence-electron chi connectivity index (χ2n) is 5.22. The highest BCUT2D eigenvalue weighted by molar-refractivity contribution is 6.31. The first-order chi connectivity index (χ1) is 9.99. The van der Waals surface area contributed by atoms with Gasteiger partial charge in [0.05, 0.1) is 23.5 Å². The molecule has 1 N–H and O–H groups in total. The Morgan fingerprint density at radius 2 is 2.10 bits per heavy atom. The van der Waals surface area contributed by atoms with Crippen LogP contribution in [0.2, 0.25) is 5.02 Å². The number of nitrogens with zero attached hydrogens (tertiary/aromatic N) is 3. The summed E-state index contributed by atoms with van der Waals surface area (Å²) in [7, 11) is 3.92. The molecular formula is C15H19ClFN3O. The van der Waals surface area contributed by atoms with E-state index in [2.05, 4.69) is 5.10 Å². The largest absolute Gasteiger partial charge is 0.386 e. The van der Waals surface area contributed by atoms with Gasteiger partial charge in [0.15, 0.2) is 0 Å². The summed E-state index contributed by atoms with van der Waals surface area (Å²) in [5, 5.41) is 15.0. The molecule has 0 saturated heterocycles. The zero-order valence-corrected chi connectivity index (χ0v) is 12.9. The molecule has 0 aliphatic heterocycles. The van der Waals surface area contributed by atoms with E-state index in [-0.39, 0.29) is 12.2 Å². The van der Waals surface area contributed by atoms with Crippen molar-refractivity contribution in [1.82, 2.24) is 14.7 Å². The number of aliphatic hydroxyl groups excluding tert-OH is 1. The van der Waals surface area contributed by atoms with Gasteiger partial charge in [0, 0.05) is 13.0 Å². The van der Waals surface area contributed by atoms with Crippen LogP contribution < -0.4 is 0 Å². The molecule has 1 atom stereocenters. The Hall–Kier alpha value is -1.43. The van der Waals surface area contributed by atoms with Gasteiger partial charge in [-0.15, -0.1) is 0 Å². The Morgan fingerprint density at radius 1 is 1.38 bits per heavy atom. The van der Waals surface area contributed by atoms with Crippen molar-refractivity contribution in [2.24, 2.45) is 0 Å². The number of hydrogen-bond donors (Lipinski definition) is 1. The van der Waals surface area contributed by atoms with Gasteiger partial charge in [0.25, 0.3) is 0 Å². The molecule has 0 aliphatic carbocycles. The van der Waals surface area contributed by atoms with Crippen molar-refractivity contribution in [2.75, 3.05) is 20.6 Å². The van der Waals surface area contributed by atoms with Crippen LogP contribution in [0, 0.1) is 5.82 Å². The van der Waals surface area contributed by atoms with Gasteiger partial charge in [0.1, 0.15) is 11.9 Å². The lowest BCUT2D eigenvalue weighted by atomic mass is 10.1. The van der Waals surface area contributed by atoms with E-state index in [0.717, 1.165) is 6.54 Å². The van der Waals surface area contributed by atoms with Gasteiger partial charge in [-0.2, -0.15) is 5.10 Å². The third kappa shape index (κ3) is 4.03. The molecule has 4 nitrogen and oxygen atoms in total. The van der Waals surface area contributed by atoms with Gasteiger partial charge in [-0.05, 0) is 25.7 Å².